The molecule has 178 valence electrons. The summed E-state index contributed by atoms with van der Waals surface area (Å²) in [7, 11) is 1.49. The van der Waals surface area contributed by atoms with Crippen molar-refractivity contribution in [3.8, 4) is 0 Å². The maximum Gasteiger partial charge on any atom is 0.419 e. The number of aromatic nitrogens is 2. The van der Waals surface area contributed by atoms with Crippen LogP contribution in [-0.2, 0) is 15.7 Å². The predicted octanol–water partition coefficient (Wildman–Crippen LogP) is 3.57. The smallest absolute Gasteiger partial charge is 0.419 e. The van der Waals surface area contributed by atoms with Gasteiger partial charge in [0.2, 0.25) is 0 Å². The van der Waals surface area contributed by atoms with Crippen LogP contribution in [0.15, 0.2) is 12.3 Å². The molecule has 12 heteroatoms. The fourth-order valence-electron chi connectivity index (χ4n) is 4.66. The van der Waals surface area contributed by atoms with E-state index in [0.717, 1.165) is 23.3 Å². The van der Waals surface area contributed by atoms with Gasteiger partial charge in [-0.1, -0.05) is 11.6 Å². The van der Waals surface area contributed by atoms with Crippen molar-refractivity contribution in [2.24, 2.45) is 0 Å². The first-order valence-corrected chi connectivity index (χ1v) is 11.1. The van der Waals surface area contributed by atoms with Gasteiger partial charge >= 0.3 is 12.3 Å². The van der Waals surface area contributed by atoms with E-state index in [4.69, 9.17) is 21.1 Å². The largest absolute Gasteiger partial charge is 0.448 e. The molecule has 4 heterocycles. The molecule has 2 amide bonds. The van der Waals surface area contributed by atoms with E-state index in [1.807, 2.05) is 0 Å². The van der Waals surface area contributed by atoms with Gasteiger partial charge in [-0.15, -0.1) is 0 Å². The molecule has 0 N–H and O–H groups in total. The van der Waals surface area contributed by atoms with Crippen molar-refractivity contribution in [1.29, 1.82) is 0 Å². The Kier molecular flexibility index (Phi) is 5.43. The quantitative estimate of drug-likeness (QED) is 0.660. The zero-order chi connectivity index (χ0) is 23.5. The molecule has 0 radical (unpaired) electrons. The number of carbonyl (C=O) groups excluding carboxylic acids is 2. The molecule has 33 heavy (non-hydrogen) atoms. The summed E-state index contributed by atoms with van der Waals surface area (Å²) in [5, 5.41) is -0.151. The summed E-state index contributed by atoms with van der Waals surface area (Å²) < 4.78 is 52.9. The number of halogens is 4. The zero-order valence-electron chi connectivity index (χ0n) is 17.8. The lowest BCUT2D eigenvalue weighted by atomic mass is 10.00. The number of ether oxygens (including phenoxy) is 2. The molecule has 2 saturated heterocycles. The Morgan fingerprint density at radius 1 is 1.27 bits per heavy atom. The number of hydrogen-bond acceptors (Lipinski definition) is 5. The Hall–Kier alpha value is -2.53. The number of fused-ring (bicyclic) bond motifs is 1. The maximum atomic E-state index is 13.7. The van der Waals surface area contributed by atoms with E-state index >= 15 is 0 Å². The summed E-state index contributed by atoms with van der Waals surface area (Å²) in [5.74, 6) is -0.513. The van der Waals surface area contributed by atoms with Gasteiger partial charge in [-0.25, -0.2) is 9.78 Å². The van der Waals surface area contributed by atoms with E-state index in [-0.39, 0.29) is 35.9 Å². The van der Waals surface area contributed by atoms with Crippen LogP contribution in [-0.4, -0.2) is 76.7 Å². The van der Waals surface area contributed by atoms with Gasteiger partial charge in [0.1, 0.15) is 11.8 Å². The minimum absolute atomic E-state index is 0.0619. The number of carbonyl (C=O) groups is 2. The fraction of sp³-hybridized carbons (Fsp3) is 0.571. The second-order valence-corrected chi connectivity index (χ2v) is 8.95. The van der Waals surface area contributed by atoms with Crippen molar-refractivity contribution < 1.29 is 32.2 Å². The van der Waals surface area contributed by atoms with E-state index in [9.17, 15) is 22.8 Å². The third kappa shape index (κ3) is 3.90. The van der Waals surface area contributed by atoms with Crippen LogP contribution in [0.2, 0.25) is 5.15 Å². The third-order valence-electron chi connectivity index (χ3n) is 6.55. The van der Waals surface area contributed by atoms with Gasteiger partial charge in [0, 0.05) is 26.4 Å². The average Bonchev–Trinajstić information content (AvgIpc) is 3.47. The van der Waals surface area contributed by atoms with E-state index in [1.165, 1.54) is 18.2 Å². The number of likely N-dealkylation sites (tertiary alicyclic amines) is 1. The van der Waals surface area contributed by atoms with Crippen LogP contribution in [0.25, 0.3) is 5.65 Å². The molecule has 3 aliphatic rings. The van der Waals surface area contributed by atoms with Gasteiger partial charge in [-0.05, 0) is 36.8 Å². The molecule has 2 aliphatic heterocycles. The highest BCUT2D eigenvalue weighted by Gasteiger charge is 2.42. The van der Waals surface area contributed by atoms with Crippen LogP contribution in [0.5, 0.6) is 0 Å². The van der Waals surface area contributed by atoms with Crippen molar-refractivity contribution in [2.45, 2.75) is 43.5 Å². The van der Waals surface area contributed by atoms with Gasteiger partial charge in [0.05, 0.1) is 24.3 Å². The highest BCUT2D eigenvalue weighted by Crippen LogP contribution is 2.43. The monoisotopic (exact) mass is 486 g/mol. The molecule has 1 saturated carbocycles. The minimum atomic E-state index is -4.63. The maximum absolute atomic E-state index is 13.7. The molecular formula is C21H22ClF3N4O4. The van der Waals surface area contributed by atoms with Gasteiger partial charge in [0.25, 0.3) is 5.91 Å². The second kappa shape index (κ2) is 8.05. The van der Waals surface area contributed by atoms with Crippen molar-refractivity contribution in [1.82, 2.24) is 19.2 Å². The van der Waals surface area contributed by atoms with E-state index in [2.05, 4.69) is 4.98 Å². The summed E-state index contributed by atoms with van der Waals surface area (Å²) in [5.41, 5.74) is -0.998. The van der Waals surface area contributed by atoms with Crippen LogP contribution < -0.4 is 0 Å². The first kappa shape index (κ1) is 22.3. The molecule has 1 unspecified atom stereocenters. The number of alkyl halides is 3. The summed E-state index contributed by atoms with van der Waals surface area (Å²) in [6.45, 7) is 1.17. The van der Waals surface area contributed by atoms with Crippen LogP contribution in [0, 0.1) is 0 Å². The zero-order valence-corrected chi connectivity index (χ0v) is 18.5. The number of cyclic esters (lactones) is 1. The number of rotatable bonds is 4. The lowest BCUT2D eigenvalue weighted by molar-refractivity contribution is -0.136. The summed E-state index contributed by atoms with van der Waals surface area (Å²) in [6.07, 6.45) is -1.92. The molecule has 2 aromatic rings. The first-order valence-electron chi connectivity index (χ1n) is 10.7. The van der Waals surface area contributed by atoms with Gasteiger partial charge in [-0.3, -0.25) is 14.1 Å². The molecule has 2 aromatic heterocycles. The number of imidazole rings is 1. The van der Waals surface area contributed by atoms with Crippen molar-refractivity contribution >= 4 is 29.2 Å². The third-order valence-corrected chi connectivity index (χ3v) is 6.91. The average molecular weight is 487 g/mol. The molecule has 5 rings (SSSR count). The van der Waals surface area contributed by atoms with E-state index in [0.29, 0.717) is 25.1 Å². The molecule has 0 aromatic carbocycles. The van der Waals surface area contributed by atoms with Crippen molar-refractivity contribution in [3.63, 3.8) is 0 Å². The Bertz CT molecular complexity index is 1120. The second-order valence-electron chi connectivity index (χ2n) is 8.59. The Morgan fingerprint density at radius 2 is 2.03 bits per heavy atom. The van der Waals surface area contributed by atoms with Crippen molar-refractivity contribution in [3.05, 3.63) is 34.2 Å². The summed E-state index contributed by atoms with van der Waals surface area (Å²) in [4.78, 5) is 32.3. The molecule has 0 spiro atoms. The van der Waals surface area contributed by atoms with Crippen LogP contribution in [0.4, 0.5) is 18.0 Å². The Balaban J connectivity index is 1.45. The Labute approximate surface area is 192 Å². The van der Waals surface area contributed by atoms with Crippen LogP contribution >= 0.6 is 11.6 Å². The molecular weight excluding hydrogens is 465 g/mol. The Morgan fingerprint density at radius 3 is 2.64 bits per heavy atom. The lowest BCUT2D eigenvalue weighted by Crippen LogP contribution is -2.56. The van der Waals surface area contributed by atoms with E-state index < -0.39 is 35.5 Å². The minimum Gasteiger partial charge on any atom is -0.448 e. The molecule has 0 bridgehead atoms. The summed E-state index contributed by atoms with van der Waals surface area (Å²) in [6, 6.07) is 0.843. The van der Waals surface area contributed by atoms with Gasteiger partial charge in [-0.2, -0.15) is 13.2 Å². The SMILES string of the molecule is CO[C@H]1CN(C(=O)c2nc3c(C(F)(F)F)cc(C4CC4)cn3c2Cl)CCC1N1CCOC1=O. The van der Waals surface area contributed by atoms with Crippen LogP contribution in [0.1, 0.15) is 46.8 Å². The highest BCUT2D eigenvalue weighted by molar-refractivity contribution is 6.33. The standard InChI is InChI=1S/C21H22ClF3N4O4/c1-32-15-10-27(5-4-14(15)28-6-7-33-20(28)31)19(30)16-17(22)29-9-12(11-2-3-11)8-13(18(29)26-16)21(23,24)25/h8-9,11,14-15H,2-7,10H2,1H3/t14?,15-/m0/s1. The normalized spacial score (nSPS) is 24.0. The van der Waals surface area contributed by atoms with Crippen LogP contribution in [0.3, 0.4) is 0 Å². The summed E-state index contributed by atoms with van der Waals surface area (Å²) >= 11 is 6.40. The fourth-order valence-corrected chi connectivity index (χ4v) is 4.91. The topological polar surface area (TPSA) is 76.4 Å². The molecule has 3 fully saturated rings. The number of piperidine rings is 1. The number of pyridine rings is 1. The van der Waals surface area contributed by atoms with Gasteiger partial charge < -0.3 is 14.4 Å². The number of amides is 2. The number of nitrogens with zero attached hydrogens (tertiary/aromatic N) is 4. The molecule has 2 atom stereocenters. The predicted molar refractivity (Wildman–Crippen MR) is 110 cm³/mol. The first-order chi connectivity index (χ1) is 15.7. The van der Waals surface area contributed by atoms with Gasteiger partial charge in [0.15, 0.2) is 11.3 Å². The molecule has 8 nitrogen and oxygen atoms in total. The van der Waals surface area contributed by atoms with E-state index in [1.54, 1.807) is 4.90 Å². The number of methoxy groups -OCH3 is 1. The lowest BCUT2D eigenvalue weighted by Gasteiger charge is -2.40. The number of hydrogen-bond donors (Lipinski definition) is 0. The van der Waals surface area contributed by atoms with Crippen molar-refractivity contribution in [2.75, 3.05) is 33.4 Å². The molecule has 1 aliphatic carbocycles. The highest BCUT2D eigenvalue weighted by atomic mass is 35.5.